The number of hydrogen-bond donors (Lipinski definition) is 2. The molecule has 0 bridgehead atoms. The van der Waals surface area contributed by atoms with E-state index >= 15 is 0 Å². The van der Waals surface area contributed by atoms with Crippen molar-refractivity contribution in [3.63, 3.8) is 0 Å². The van der Waals surface area contributed by atoms with Gasteiger partial charge in [-0.15, -0.1) is 28.8 Å². The molecule has 3 rings (SSSR count). The van der Waals surface area contributed by atoms with Crippen LogP contribution in [0.25, 0.3) is 0 Å². The van der Waals surface area contributed by atoms with Gasteiger partial charge in [0.2, 0.25) is 0 Å². The lowest BCUT2D eigenvalue weighted by atomic mass is 10.1. The van der Waals surface area contributed by atoms with Gasteiger partial charge in [-0.05, 0) is 50.7 Å². The number of halogens is 1. The van der Waals surface area contributed by atoms with Crippen LogP contribution in [0.4, 0.5) is 0 Å². The quantitative estimate of drug-likeness (QED) is 0.860. The summed E-state index contributed by atoms with van der Waals surface area (Å²) < 4.78 is 1.91. The van der Waals surface area contributed by atoms with E-state index in [2.05, 4.69) is 27.0 Å². The Kier molecular flexibility index (Phi) is 6.56. The Balaban J connectivity index is 0.00000192. The predicted molar refractivity (Wildman–Crippen MR) is 93.5 cm³/mol. The molecule has 0 saturated carbocycles. The molecular formula is C15H22ClN5OS. The van der Waals surface area contributed by atoms with E-state index in [0.29, 0.717) is 18.3 Å². The molecule has 0 radical (unpaired) electrons. The summed E-state index contributed by atoms with van der Waals surface area (Å²) in [4.78, 5) is 13.5. The van der Waals surface area contributed by atoms with Crippen molar-refractivity contribution in [2.24, 2.45) is 0 Å². The van der Waals surface area contributed by atoms with Gasteiger partial charge in [0.15, 0.2) is 5.69 Å². The molecule has 1 saturated heterocycles. The zero-order valence-electron chi connectivity index (χ0n) is 13.1. The van der Waals surface area contributed by atoms with Gasteiger partial charge < -0.3 is 10.6 Å². The predicted octanol–water partition coefficient (Wildman–Crippen LogP) is 1.97. The number of amides is 1. The first-order chi connectivity index (χ1) is 10.8. The molecule has 1 amide bonds. The number of thiophene rings is 1. The van der Waals surface area contributed by atoms with E-state index in [4.69, 9.17) is 0 Å². The molecule has 126 valence electrons. The van der Waals surface area contributed by atoms with Crippen LogP contribution in [0.15, 0.2) is 17.5 Å². The zero-order chi connectivity index (χ0) is 15.4. The molecule has 2 aromatic rings. The first-order valence-electron chi connectivity index (χ1n) is 7.69. The second kappa shape index (κ2) is 8.42. The van der Waals surface area contributed by atoms with Crippen molar-refractivity contribution in [1.82, 2.24) is 25.6 Å². The highest BCUT2D eigenvalue weighted by Gasteiger charge is 2.22. The Labute approximate surface area is 146 Å². The van der Waals surface area contributed by atoms with Gasteiger partial charge in [0.1, 0.15) is 0 Å². The van der Waals surface area contributed by atoms with Crippen LogP contribution in [0.1, 0.15) is 39.9 Å². The third-order valence-electron chi connectivity index (χ3n) is 4.03. The average molecular weight is 356 g/mol. The van der Waals surface area contributed by atoms with E-state index in [1.165, 1.54) is 4.88 Å². The van der Waals surface area contributed by atoms with Crippen LogP contribution in [0.2, 0.25) is 0 Å². The molecule has 0 spiro atoms. The summed E-state index contributed by atoms with van der Waals surface area (Å²) in [6.07, 6.45) is 2.91. The van der Waals surface area contributed by atoms with Crippen LogP contribution in [0.3, 0.4) is 0 Å². The van der Waals surface area contributed by atoms with Gasteiger partial charge in [-0.25, -0.2) is 4.68 Å². The van der Waals surface area contributed by atoms with Crippen LogP contribution < -0.4 is 10.6 Å². The van der Waals surface area contributed by atoms with Crippen LogP contribution >= 0.6 is 23.7 Å². The van der Waals surface area contributed by atoms with Gasteiger partial charge in [0.05, 0.1) is 11.7 Å². The summed E-state index contributed by atoms with van der Waals surface area (Å²) in [7, 11) is 0. The van der Waals surface area contributed by atoms with E-state index in [-0.39, 0.29) is 18.3 Å². The maximum absolute atomic E-state index is 12.3. The number of piperidine rings is 1. The van der Waals surface area contributed by atoms with Crippen LogP contribution in [0, 0.1) is 6.92 Å². The first kappa shape index (κ1) is 17.9. The van der Waals surface area contributed by atoms with Gasteiger partial charge in [-0.1, -0.05) is 11.3 Å². The van der Waals surface area contributed by atoms with E-state index < -0.39 is 0 Å². The topological polar surface area (TPSA) is 71.8 Å². The minimum Gasteiger partial charge on any atom is -0.350 e. The van der Waals surface area contributed by atoms with Crippen LogP contribution in [0.5, 0.6) is 0 Å². The molecule has 0 atom stereocenters. The second-order valence-electron chi connectivity index (χ2n) is 5.53. The van der Waals surface area contributed by atoms with Crippen molar-refractivity contribution in [3.8, 4) is 0 Å². The Morgan fingerprint density at radius 3 is 2.96 bits per heavy atom. The van der Waals surface area contributed by atoms with Crippen molar-refractivity contribution >= 4 is 29.7 Å². The number of nitrogens with zero attached hydrogens (tertiary/aromatic N) is 3. The van der Waals surface area contributed by atoms with Gasteiger partial charge in [0, 0.05) is 11.4 Å². The van der Waals surface area contributed by atoms with Crippen LogP contribution in [-0.4, -0.2) is 40.5 Å². The monoisotopic (exact) mass is 355 g/mol. The van der Waals surface area contributed by atoms with Gasteiger partial charge in [-0.2, -0.15) is 0 Å². The molecule has 0 aromatic carbocycles. The maximum atomic E-state index is 12.3. The lowest BCUT2D eigenvalue weighted by Gasteiger charge is -2.23. The molecule has 0 aliphatic carbocycles. The molecule has 2 N–H and O–H groups in total. The molecule has 6 nitrogen and oxygen atoms in total. The lowest BCUT2D eigenvalue weighted by Crippen LogP contribution is -2.30. The molecule has 8 heteroatoms. The summed E-state index contributed by atoms with van der Waals surface area (Å²) in [5, 5.41) is 16.6. The number of rotatable bonds is 5. The van der Waals surface area contributed by atoms with Crippen molar-refractivity contribution in [2.45, 2.75) is 32.2 Å². The standard InChI is InChI=1S/C15H21N5OS.ClH/c1-11-14(15(21)17-9-6-13-3-2-10-22-13)18-19-20(11)12-4-7-16-8-5-12;/h2-3,10,12,16H,4-9H2,1H3,(H,17,21);1H. The molecule has 1 aliphatic heterocycles. The summed E-state index contributed by atoms with van der Waals surface area (Å²) >= 11 is 1.71. The number of hydrogen-bond acceptors (Lipinski definition) is 5. The fourth-order valence-electron chi connectivity index (χ4n) is 2.79. The molecular weight excluding hydrogens is 334 g/mol. The third-order valence-corrected chi connectivity index (χ3v) is 4.97. The fourth-order valence-corrected chi connectivity index (χ4v) is 3.50. The highest BCUT2D eigenvalue weighted by molar-refractivity contribution is 7.09. The smallest absolute Gasteiger partial charge is 0.273 e. The SMILES string of the molecule is Cc1c(C(=O)NCCc2cccs2)nnn1C1CCNCC1.Cl. The number of carbonyl (C=O) groups is 1. The summed E-state index contributed by atoms with van der Waals surface area (Å²) in [6, 6.07) is 4.45. The highest BCUT2D eigenvalue weighted by Crippen LogP contribution is 2.20. The maximum Gasteiger partial charge on any atom is 0.273 e. The summed E-state index contributed by atoms with van der Waals surface area (Å²) in [5.41, 5.74) is 1.31. The molecule has 23 heavy (non-hydrogen) atoms. The lowest BCUT2D eigenvalue weighted by molar-refractivity contribution is 0.0948. The van der Waals surface area contributed by atoms with Crippen LogP contribution in [-0.2, 0) is 6.42 Å². The highest BCUT2D eigenvalue weighted by atomic mass is 35.5. The minimum atomic E-state index is -0.130. The minimum absolute atomic E-state index is 0. The molecule has 0 unspecified atom stereocenters. The molecule has 1 fully saturated rings. The van der Waals surface area contributed by atoms with E-state index in [1.807, 2.05) is 23.1 Å². The van der Waals surface area contributed by atoms with Crippen molar-refractivity contribution < 1.29 is 4.79 Å². The normalized spacial score (nSPS) is 15.2. The van der Waals surface area contributed by atoms with Crippen molar-refractivity contribution in [1.29, 1.82) is 0 Å². The zero-order valence-corrected chi connectivity index (χ0v) is 14.8. The fraction of sp³-hybridized carbons (Fsp3) is 0.533. The Bertz CT molecular complexity index is 622. The largest absolute Gasteiger partial charge is 0.350 e. The third kappa shape index (κ3) is 4.31. The van der Waals surface area contributed by atoms with Crippen molar-refractivity contribution in [3.05, 3.63) is 33.8 Å². The average Bonchev–Trinajstić information content (AvgIpc) is 3.18. The second-order valence-corrected chi connectivity index (χ2v) is 6.57. The molecule has 1 aliphatic rings. The van der Waals surface area contributed by atoms with Gasteiger partial charge in [-0.3, -0.25) is 4.79 Å². The molecule has 3 heterocycles. The Morgan fingerprint density at radius 1 is 1.48 bits per heavy atom. The summed E-state index contributed by atoms with van der Waals surface area (Å²) in [5.74, 6) is -0.130. The number of nitrogens with one attached hydrogen (secondary N) is 2. The Hall–Kier alpha value is -1.44. The number of carbonyl (C=O) groups excluding carboxylic acids is 1. The molecule has 2 aromatic heterocycles. The van der Waals surface area contributed by atoms with Gasteiger partial charge >= 0.3 is 0 Å². The first-order valence-corrected chi connectivity index (χ1v) is 8.57. The van der Waals surface area contributed by atoms with Crippen molar-refractivity contribution in [2.75, 3.05) is 19.6 Å². The number of aromatic nitrogens is 3. The van der Waals surface area contributed by atoms with Gasteiger partial charge in [0.25, 0.3) is 5.91 Å². The summed E-state index contributed by atoms with van der Waals surface area (Å²) in [6.45, 7) is 4.54. The van der Waals surface area contributed by atoms with E-state index in [0.717, 1.165) is 38.0 Å². The van der Waals surface area contributed by atoms with E-state index in [1.54, 1.807) is 11.3 Å². The van der Waals surface area contributed by atoms with E-state index in [9.17, 15) is 4.79 Å². The Morgan fingerprint density at radius 2 is 2.26 bits per heavy atom.